The number of nitrogens with zero attached hydrogens (tertiary/aromatic N) is 1. The molecule has 0 bridgehead atoms. The number of methoxy groups -OCH3 is 1. The number of allylic oxidation sites excluding steroid dienone is 2. The maximum atomic E-state index is 9.51. The first kappa shape index (κ1) is 7.31. The monoisotopic (exact) mass is 141 g/mol. The number of likely N-dealkylation sites (N-methyl/N-ethyl adjacent to an activating group) is 1. The minimum Gasteiger partial charge on any atom is -0.345 e. The third kappa shape index (κ3) is 1.05. The van der Waals surface area contributed by atoms with Gasteiger partial charge in [-0.1, -0.05) is 6.08 Å². The van der Waals surface area contributed by atoms with Crippen LogP contribution in [-0.4, -0.2) is 30.1 Å². The Morgan fingerprint density at radius 1 is 1.50 bits per heavy atom. The topological polar surface area (TPSA) is 32.7 Å². The summed E-state index contributed by atoms with van der Waals surface area (Å²) in [6.45, 7) is 0. The number of hydrogen-bond donors (Lipinski definition) is 1. The molecule has 0 saturated carbocycles. The van der Waals surface area contributed by atoms with Crippen LogP contribution in [0.5, 0.6) is 0 Å². The number of rotatable bonds is 1. The molecule has 10 heavy (non-hydrogen) atoms. The zero-order valence-electron chi connectivity index (χ0n) is 6.11. The highest BCUT2D eigenvalue weighted by Crippen LogP contribution is 2.16. The number of hydrogen-bond acceptors (Lipinski definition) is 3. The van der Waals surface area contributed by atoms with Crippen LogP contribution >= 0.6 is 0 Å². The van der Waals surface area contributed by atoms with Crippen molar-refractivity contribution in [3.05, 3.63) is 24.4 Å². The Morgan fingerprint density at radius 3 is 2.60 bits per heavy atom. The lowest BCUT2D eigenvalue weighted by molar-refractivity contribution is -0.223. The second-order valence-electron chi connectivity index (χ2n) is 2.17. The van der Waals surface area contributed by atoms with Gasteiger partial charge in [0.05, 0.1) is 0 Å². The van der Waals surface area contributed by atoms with Crippen LogP contribution in [0, 0.1) is 0 Å². The van der Waals surface area contributed by atoms with Crippen LogP contribution in [0.3, 0.4) is 0 Å². The smallest absolute Gasteiger partial charge is 0.269 e. The average Bonchev–Trinajstić information content (AvgIpc) is 1.96. The maximum absolute atomic E-state index is 9.51. The molecule has 56 valence electrons. The molecule has 1 heterocycles. The first-order chi connectivity index (χ1) is 4.69. The van der Waals surface area contributed by atoms with Crippen LogP contribution < -0.4 is 0 Å². The predicted octanol–water partition coefficient (Wildman–Crippen LogP) is 0.294. The highest BCUT2D eigenvalue weighted by Gasteiger charge is 2.27. The maximum Gasteiger partial charge on any atom is 0.269 e. The van der Waals surface area contributed by atoms with Crippen molar-refractivity contribution in [3.63, 3.8) is 0 Å². The summed E-state index contributed by atoms with van der Waals surface area (Å²) in [5.41, 5.74) is 0. The highest BCUT2D eigenvalue weighted by atomic mass is 16.6. The molecule has 0 spiro atoms. The van der Waals surface area contributed by atoms with Gasteiger partial charge >= 0.3 is 0 Å². The molecule has 0 aromatic rings. The fourth-order valence-electron chi connectivity index (χ4n) is 0.796. The van der Waals surface area contributed by atoms with E-state index in [1.165, 1.54) is 7.11 Å². The van der Waals surface area contributed by atoms with Crippen LogP contribution in [0.4, 0.5) is 0 Å². The standard InChI is InChI=1S/C7H11NO2/c1-8-6-4-3-5-7(8,9)10-2/h3-6,9H,1-2H3. The second kappa shape index (κ2) is 2.44. The summed E-state index contributed by atoms with van der Waals surface area (Å²) in [6, 6.07) is 0. The van der Waals surface area contributed by atoms with E-state index < -0.39 is 5.91 Å². The second-order valence-corrected chi connectivity index (χ2v) is 2.17. The average molecular weight is 141 g/mol. The lowest BCUT2D eigenvalue weighted by atomic mass is 10.3. The lowest BCUT2D eigenvalue weighted by Crippen LogP contribution is -2.44. The van der Waals surface area contributed by atoms with Crippen molar-refractivity contribution in [2.75, 3.05) is 14.2 Å². The quantitative estimate of drug-likeness (QED) is 0.533. The third-order valence-corrected chi connectivity index (χ3v) is 1.54. The summed E-state index contributed by atoms with van der Waals surface area (Å²) in [5.74, 6) is -1.26. The van der Waals surface area contributed by atoms with Gasteiger partial charge in [-0.05, 0) is 12.2 Å². The molecule has 3 nitrogen and oxygen atoms in total. The van der Waals surface area contributed by atoms with Gasteiger partial charge in [-0.2, -0.15) is 0 Å². The molecule has 0 saturated heterocycles. The molecule has 1 aliphatic rings. The minimum absolute atomic E-state index is 1.26. The summed E-state index contributed by atoms with van der Waals surface area (Å²) >= 11 is 0. The molecule has 1 aliphatic heterocycles. The lowest BCUT2D eigenvalue weighted by Gasteiger charge is -2.33. The van der Waals surface area contributed by atoms with Gasteiger partial charge in [-0.15, -0.1) is 0 Å². The number of aliphatic hydroxyl groups is 1. The molecule has 1 unspecified atom stereocenters. The van der Waals surface area contributed by atoms with Crippen molar-refractivity contribution in [2.24, 2.45) is 0 Å². The Bertz CT molecular complexity index is 176. The predicted molar refractivity (Wildman–Crippen MR) is 38.0 cm³/mol. The molecule has 0 radical (unpaired) electrons. The molecule has 0 aromatic carbocycles. The molecule has 1 atom stereocenters. The van der Waals surface area contributed by atoms with Crippen LogP contribution in [0.25, 0.3) is 0 Å². The van der Waals surface area contributed by atoms with E-state index in [9.17, 15) is 5.11 Å². The molecule has 3 heteroatoms. The van der Waals surface area contributed by atoms with E-state index in [0.29, 0.717) is 0 Å². The van der Waals surface area contributed by atoms with E-state index in [1.807, 2.05) is 6.08 Å². The van der Waals surface area contributed by atoms with E-state index in [4.69, 9.17) is 4.74 Å². The summed E-state index contributed by atoms with van der Waals surface area (Å²) in [7, 11) is 3.20. The SMILES string of the molecule is COC1(O)C=CC=CN1C. The van der Waals surface area contributed by atoms with E-state index >= 15 is 0 Å². The summed E-state index contributed by atoms with van der Waals surface area (Å²) < 4.78 is 4.83. The van der Waals surface area contributed by atoms with Crippen molar-refractivity contribution in [2.45, 2.75) is 5.91 Å². The molecule has 0 aromatic heterocycles. The largest absolute Gasteiger partial charge is 0.345 e. The van der Waals surface area contributed by atoms with Crippen molar-refractivity contribution in [1.82, 2.24) is 4.90 Å². The number of ether oxygens (including phenoxy) is 1. The summed E-state index contributed by atoms with van der Waals surface area (Å²) in [6.07, 6.45) is 6.88. The zero-order chi connectivity index (χ0) is 7.61. The van der Waals surface area contributed by atoms with Gasteiger partial charge in [0, 0.05) is 20.4 Å². The van der Waals surface area contributed by atoms with Gasteiger partial charge in [-0.3, -0.25) is 0 Å². The fraction of sp³-hybridized carbons (Fsp3) is 0.429. The fourth-order valence-corrected chi connectivity index (χ4v) is 0.796. The van der Waals surface area contributed by atoms with E-state index in [1.54, 1.807) is 30.3 Å². The van der Waals surface area contributed by atoms with Crippen molar-refractivity contribution in [3.8, 4) is 0 Å². The Labute approximate surface area is 60.2 Å². The van der Waals surface area contributed by atoms with Crippen LogP contribution in [0.2, 0.25) is 0 Å². The van der Waals surface area contributed by atoms with Gasteiger partial charge in [0.15, 0.2) is 0 Å². The van der Waals surface area contributed by atoms with E-state index in [2.05, 4.69) is 0 Å². The first-order valence-corrected chi connectivity index (χ1v) is 3.05. The van der Waals surface area contributed by atoms with E-state index in [0.717, 1.165) is 0 Å². The van der Waals surface area contributed by atoms with Gasteiger partial charge in [0.1, 0.15) is 0 Å². The van der Waals surface area contributed by atoms with Crippen LogP contribution in [0.15, 0.2) is 24.4 Å². The van der Waals surface area contributed by atoms with E-state index in [-0.39, 0.29) is 0 Å². The molecule has 1 N–H and O–H groups in total. The molecular weight excluding hydrogens is 130 g/mol. The van der Waals surface area contributed by atoms with Gasteiger partial charge < -0.3 is 14.7 Å². The molecular formula is C7H11NO2. The van der Waals surface area contributed by atoms with Crippen molar-refractivity contribution in [1.29, 1.82) is 0 Å². The first-order valence-electron chi connectivity index (χ1n) is 3.05. The minimum atomic E-state index is -1.26. The Morgan fingerprint density at radius 2 is 2.20 bits per heavy atom. The van der Waals surface area contributed by atoms with Gasteiger partial charge in [0.2, 0.25) is 0 Å². The normalized spacial score (nSPS) is 31.3. The van der Waals surface area contributed by atoms with Crippen molar-refractivity contribution >= 4 is 0 Å². The molecule has 0 fully saturated rings. The third-order valence-electron chi connectivity index (χ3n) is 1.54. The Hall–Kier alpha value is -0.800. The summed E-state index contributed by atoms with van der Waals surface area (Å²) in [4.78, 5) is 1.58. The van der Waals surface area contributed by atoms with Crippen LogP contribution in [0.1, 0.15) is 0 Å². The Balaban J connectivity index is 2.77. The Kier molecular flexibility index (Phi) is 1.78. The van der Waals surface area contributed by atoms with Crippen LogP contribution in [-0.2, 0) is 4.74 Å². The highest BCUT2D eigenvalue weighted by molar-refractivity contribution is 5.12. The van der Waals surface area contributed by atoms with Crippen molar-refractivity contribution < 1.29 is 9.84 Å². The molecule has 0 aliphatic carbocycles. The molecule has 0 amide bonds. The molecule has 1 rings (SSSR count). The van der Waals surface area contributed by atoms with Gasteiger partial charge in [-0.25, -0.2) is 0 Å². The summed E-state index contributed by atoms with van der Waals surface area (Å²) in [5, 5.41) is 9.51. The zero-order valence-corrected chi connectivity index (χ0v) is 6.11. The van der Waals surface area contributed by atoms with Gasteiger partial charge in [0.25, 0.3) is 5.91 Å².